The summed E-state index contributed by atoms with van der Waals surface area (Å²) in [5.41, 5.74) is 0. The third-order valence-corrected chi connectivity index (χ3v) is 2.58. The average molecular weight is 211 g/mol. The maximum Gasteiger partial charge on any atom is 0.254 e. The van der Waals surface area contributed by atoms with Crippen molar-refractivity contribution in [1.29, 1.82) is 0 Å². The molecule has 15 heavy (non-hydrogen) atoms. The zero-order valence-electron chi connectivity index (χ0n) is 8.93. The lowest BCUT2D eigenvalue weighted by molar-refractivity contribution is -0.178. The summed E-state index contributed by atoms with van der Waals surface area (Å²) in [5, 5.41) is 9.81. The largest absolute Gasteiger partial charge is 0.391 e. The van der Waals surface area contributed by atoms with Gasteiger partial charge < -0.3 is 14.7 Å². The van der Waals surface area contributed by atoms with Crippen molar-refractivity contribution in [2.24, 2.45) is 0 Å². The first-order chi connectivity index (χ1) is 7.17. The third-order valence-electron chi connectivity index (χ3n) is 2.58. The lowest BCUT2D eigenvalue weighted by Crippen LogP contribution is -2.69. The van der Waals surface area contributed by atoms with Crippen LogP contribution in [0.25, 0.3) is 0 Å². The van der Waals surface area contributed by atoms with Gasteiger partial charge in [0.1, 0.15) is 0 Å². The fraction of sp³-hybridized carbons (Fsp3) is 0.545. The molecule has 1 saturated heterocycles. The molecule has 0 aromatic heterocycles. The standard InChI is InChI=1S/C11H17NO3/c1-4-6-8(13)9-10(15-3)11(14)12(9)7-5-2/h4-5,8-10,13H,1-2,6-7H2,3H3/t8-,9+,10-/m1/s1. The molecule has 84 valence electrons. The van der Waals surface area contributed by atoms with E-state index in [9.17, 15) is 9.90 Å². The summed E-state index contributed by atoms with van der Waals surface area (Å²) < 4.78 is 5.04. The Labute approximate surface area is 89.8 Å². The van der Waals surface area contributed by atoms with Crippen LogP contribution in [0.15, 0.2) is 25.3 Å². The number of hydrogen-bond donors (Lipinski definition) is 1. The first kappa shape index (κ1) is 11.9. The minimum absolute atomic E-state index is 0.0921. The molecule has 0 saturated carbocycles. The molecule has 1 heterocycles. The van der Waals surface area contributed by atoms with Crippen LogP contribution in [0.2, 0.25) is 0 Å². The highest BCUT2D eigenvalue weighted by atomic mass is 16.5. The van der Waals surface area contributed by atoms with E-state index >= 15 is 0 Å². The van der Waals surface area contributed by atoms with Crippen LogP contribution in [0.5, 0.6) is 0 Å². The maximum absolute atomic E-state index is 11.5. The second-order valence-corrected chi connectivity index (χ2v) is 3.52. The SMILES string of the molecule is C=CC[C@@H](O)[C@H]1[C@@H](OC)C(=O)N1CC=C. The molecule has 0 radical (unpaired) electrons. The van der Waals surface area contributed by atoms with E-state index < -0.39 is 12.2 Å². The summed E-state index contributed by atoms with van der Waals surface area (Å²) in [6.07, 6.45) is 2.57. The number of rotatable bonds is 6. The summed E-state index contributed by atoms with van der Waals surface area (Å²) in [7, 11) is 1.47. The highest BCUT2D eigenvalue weighted by Gasteiger charge is 2.50. The van der Waals surface area contributed by atoms with E-state index in [1.54, 1.807) is 17.1 Å². The lowest BCUT2D eigenvalue weighted by atomic mass is 9.91. The number of aliphatic hydroxyl groups is 1. The number of methoxy groups -OCH3 is 1. The van der Waals surface area contributed by atoms with Gasteiger partial charge in [-0.3, -0.25) is 4.79 Å². The van der Waals surface area contributed by atoms with Crippen LogP contribution in [-0.2, 0) is 9.53 Å². The monoisotopic (exact) mass is 211 g/mol. The molecule has 1 N–H and O–H groups in total. The number of hydrogen-bond acceptors (Lipinski definition) is 3. The van der Waals surface area contributed by atoms with E-state index in [1.807, 2.05) is 0 Å². The molecule has 0 bridgehead atoms. The van der Waals surface area contributed by atoms with Crippen LogP contribution < -0.4 is 0 Å². The Morgan fingerprint density at radius 2 is 2.27 bits per heavy atom. The van der Waals surface area contributed by atoms with Gasteiger partial charge in [0.15, 0.2) is 6.10 Å². The van der Waals surface area contributed by atoms with Crippen molar-refractivity contribution >= 4 is 5.91 Å². The third kappa shape index (κ3) is 2.11. The van der Waals surface area contributed by atoms with Crippen molar-refractivity contribution in [1.82, 2.24) is 4.90 Å². The summed E-state index contributed by atoms with van der Waals surface area (Å²) in [4.78, 5) is 13.1. The van der Waals surface area contributed by atoms with Gasteiger partial charge in [-0.1, -0.05) is 12.2 Å². The molecule has 0 unspecified atom stereocenters. The van der Waals surface area contributed by atoms with Crippen molar-refractivity contribution < 1.29 is 14.6 Å². The molecule has 4 heteroatoms. The number of nitrogens with zero attached hydrogens (tertiary/aromatic N) is 1. The van der Waals surface area contributed by atoms with E-state index in [4.69, 9.17) is 4.74 Å². The van der Waals surface area contributed by atoms with E-state index in [0.717, 1.165) is 0 Å². The van der Waals surface area contributed by atoms with Gasteiger partial charge in [-0.05, 0) is 6.42 Å². The molecule has 0 aromatic rings. The zero-order chi connectivity index (χ0) is 11.4. The van der Waals surface area contributed by atoms with Gasteiger partial charge in [-0.15, -0.1) is 13.2 Å². The van der Waals surface area contributed by atoms with Crippen LogP contribution in [0, 0.1) is 0 Å². The molecular weight excluding hydrogens is 194 g/mol. The van der Waals surface area contributed by atoms with Crippen molar-refractivity contribution in [2.45, 2.75) is 24.7 Å². The topological polar surface area (TPSA) is 49.8 Å². The Morgan fingerprint density at radius 1 is 1.60 bits per heavy atom. The maximum atomic E-state index is 11.5. The summed E-state index contributed by atoms with van der Waals surface area (Å²) in [6.45, 7) is 7.57. The van der Waals surface area contributed by atoms with E-state index in [-0.39, 0.29) is 11.9 Å². The fourth-order valence-electron chi connectivity index (χ4n) is 1.85. The summed E-state index contributed by atoms with van der Waals surface area (Å²) >= 11 is 0. The van der Waals surface area contributed by atoms with Crippen molar-refractivity contribution in [3.8, 4) is 0 Å². The molecule has 1 rings (SSSR count). The summed E-state index contributed by atoms with van der Waals surface area (Å²) in [5.74, 6) is -0.0921. The summed E-state index contributed by atoms with van der Waals surface area (Å²) in [6, 6.07) is -0.279. The van der Waals surface area contributed by atoms with Gasteiger partial charge in [0.25, 0.3) is 5.91 Å². The second kappa shape index (κ2) is 5.09. The quantitative estimate of drug-likeness (QED) is 0.509. The first-order valence-corrected chi connectivity index (χ1v) is 4.90. The highest BCUT2D eigenvalue weighted by molar-refractivity contribution is 5.88. The molecule has 1 fully saturated rings. The number of carbonyl (C=O) groups excluding carboxylic acids is 1. The van der Waals surface area contributed by atoms with Crippen LogP contribution in [0.1, 0.15) is 6.42 Å². The first-order valence-electron chi connectivity index (χ1n) is 4.90. The van der Waals surface area contributed by atoms with Crippen LogP contribution >= 0.6 is 0 Å². The van der Waals surface area contributed by atoms with Crippen LogP contribution in [-0.4, -0.2) is 47.8 Å². The molecule has 3 atom stereocenters. The number of aliphatic hydroxyl groups excluding tert-OH is 1. The van der Waals surface area contributed by atoms with Gasteiger partial charge in [0.05, 0.1) is 12.1 Å². The van der Waals surface area contributed by atoms with Crippen molar-refractivity contribution in [2.75, 3.05) is 13.7 Å². The predicted octanol–water partition coefficient (Wildman–Crippen LogP) is 0.335. The number of β-lactam (4-membered cyclic amide) rings is 1. The Bertz CT molecular complexity index is 265. The number of ether oxygens (including phenoxy) is 1. The van der Waals surface area contributed by atoms with Gasteiger partial charge in [-0.25, -0.2) is 0 Å². The zero-order valence-corrected chi connectivity index (χ0v) is 8.93. The van der Waals surface area contributed by atoms with E-state index in [2.05, 4.69) is 13.2 Å². The highest BCUT2D eigenvalue weighted by Crippen LogP contribution is 2.26. The molecule has 0 aromatic carbocycles. The van der Waals surface area contributed by atoms with E-state index in [1.165, 1.54) is 7.11 Å². The molecule has 1 amide bonds. The van der Waals surface area contributed by atoms with E-state index in [0.29, 0.717) is 13.0 Å². The van der Waals surface area contributed by atoms with Gasteiger partial charge in [0, 0.05) is 13.7 Å². The minimum atomic E-state index is -0.620. The molecule has 4 nitrogen and oxygen atoms in total. The lowest BCUT2D eigenvalue weighted by Gasteiger charge is -2.47. The molecular formula is C11H17NO3. The number of amides is 1. The molecule has 0 aliphatic carbocycles. The Balaban J connectivity index is 2.68. The Hall–Kier alpha value is -1.13. The average Bonchev–Trinajstić information content (AvgIpc) is 2.22. The fourth-order valence-corrected chi connectivity index (χ4v) is 1.85. The second-order valence-electron chi connectivity index (χ2n) is 3.52. The minimum Gasteiger partial charge on any atom is -0.391 e. The normalized spacial score (nSPS) is 27.1. The molecule has 1 aliphatic rings. The Morgan fingerprint density at radius 3 is 2.73 bits per heavy atom. The van der Waals surface area contributed by atoms with Crippen LogP contribution in [0.3, 0.4) is 0 Å². The van der Waals surface area contributed by atoms with Crippen molar-refractivity contribution in [3.05, 3.63) is 25.3 Å². The van der Waals surface area contributed by atoms with Gasteiger partial charge in [-0.2, -0.15) is 0 Å². The predicted molar refractivity (Wildman–Crippen MR) is 57.3 cm³/mol. The van der Waals surface area contributed by atoms with Gasteiger partial charge in [0.2, 0.25) is 0 Å². The number of carbonyl (C=O) groups is 1. The van der Waals surface area contributed by atoms with Gasteiger partial charge >= 0.3 is 0 Å². The Kier molecular flexibility index (Phi) is 4.05. The molecule has 1 aliphatic heterocycles. The smallest absolute Gasteiger partial charge is 0.254 e. The molecule has 0 spiro atoms. The van der Waals surface area contributed by atoms with Crippen molar-refractivity contribution in [3.63, 3.8) is 0 Å². The van der Waals surface area contributed by atoms with Crippen LogP contribution in [0.4, 0.5) is 0 Å². The number of likely N-dealkylation sites (tertiary alicyclic amines) is 1.